The Hall–Kier alpha value is -1.80. The predicted molar refractivity (Wildman–Crippen MR) is 58.5 cm³/mol. The van der Waals surface area contributed by atoms with E-state index in [0.717, 1.165) is 12.1 Å². The summed E-state index contributed by atoms with van der Waals surface area (Å²) < 4.78 is 44.2. The molecule has 1 aromatic rings. The summed E-state index contributed by atoms with van der Waals surface area (Å²) in [4.78, 5) is 10.2. The van der Waals surface area contributed by atoms with Gasteiger partial charge in [-0.3, -0.25) is 0 Å². The summed E-state index contributed by atoms with van der Waals surface area (Å²) in [5, 5.41) is 8.35. The zero-order valence-electron chi connectivity index (χ0n) is 9.68. The first kappa shape index (κ1) is 15.3. The zero-order chi connectivity index (χ0) is 14.5. The highest BCUT2D eigenvalue weighted by atomic mass is 19.4. The van der Waals surface area contributed by atoms with Gasteiger partial charge >= 0.3 is 12.3 Å². The maximum absolute atomic E-state index is 11.9. The van der Waals surface area contributed by atoms with Crippen molar-refractivity contribution in [2.75, 3.05) is 13.2 Å². The maximum atomic E-state index is 11.9. The highest BCUT2D eigenvalue weighted by Crippen LogP contribution is 2.23. The van der Waals surface area contributed by atoms with Gasteiger partial charge in [-0.05, 0) is 17.7 Å². The van der Waals surface area contributed by atoms with Crippen LogP contribution in [-0.2, 0) is 9.53 Å². The first-order valence-electron chi connectivity index (χ1n) is 5.19. The molecular formula is C11H12F3NO4. The van der Waals surface area contributed by atoms with Crippen LogP contribution >= 0.6 is 0 Å². The van der Waals surface area contributed by atoms with Gasteiger partial charge in [0, 0.05) is 0 Å². The van der Waals surface area contributed by atoms with Gasteiger partial charge < -0.3 is 20.3 Å². The normalized spacial score (nSPS) is 13.1. The Bertz CT molecular complexity index is 419. The van der Waals surface area contributed by atoms with Crippen molar-refractivity contribution in [3.05, 3.63) is 29.8 Å². The van der Waals surface area contributed by atoms with E-state index in [1.54, 1.807) is 0 Å². The van der Waals surface area contributed by atoms with Crippen LogP contribution in [0.15, 0.2) is 24.3 Å². The monoisotopic (exact) mass is 279 g/mol. The summed E-state index contributed by atoms with van der Waals surface area (Å²) in [5.41, 5.74) is 6.19. The molecule has 0 spiro atoms. The Morgan fingerprint density at radius 1 is 1.32 bits per heavy atom. The average molecular weight is 279 g/mol. The molecule has 1 unspecified atom stereocenters. The van der Waals surface area contributed by atoms with Crippen molar-refractivity contribution in [3.8, 4) is 5.75 Å². The van der Waals surface area contributed by atoms with Gasteiger partial charge in [-0.1, -0.05) is 12.1 Å². The van der Waals surface area contributed by atoms with E-state index in [1.807, 2.05) is 0 Å². The molecule has 0 bridgehead atoms. The van der Waals surface area contributed by atoms with Crippen LogP contribution in [0.3, 0.4) is 0 Å². The lowest BCUT2D eigenvalue weighted by molar-refractivity contribution is -0.274. The molecule has 0 aliphatic carbocycles. The molecule has 3 N–H and O–H groups in total. The van der Waals surface area contributed by atoms with Crippen LogP contribution in [0.5, 0.6) is 5.75 Å². The van der Waals surface area contributed by atoms with Gasteiger partial charge in [-0.25, -0.2) is 4.79 Å². The molecule has 0 saturated heterocycles. The quantitative estimate of drug-likeness (QED) is 0.828. The Kier molecular flexibility index (Phi) is 5.13. The fourth-order valence-electron chi connectivity index (χ4n) is 1.29. The Morgan fingerprint density at radius 2 is 1.89 bits per heavy atom. The van der Waals surface area contributed by atoms with E-state index in [9.17, 15) is 18.0 Å². The SMILES string of the molecule is NC(COCC(=O)O)c1ccc(OC(F)(F)F)cc1. The fraction of sp³-hybridized carbons (Fsp3) is 0.364. The molecule has 106 valence electrons. The highest BCUT2D eigenvalue weighted by molar-refractivity contribution is 5.67. The fourth-order valence-corrected chi connectivity index (χ4v) is 1.29. The van der Waals surface area contributed by atoms with Crippen LogP contribution < -0.4 is 10.5 Å². The molecule has 8 heteroatoms. The van der Waals surface area contributed by atoms with Crippen molar-refractivity contribution in [1.82, 2.24) is 0 Å². The number of carbonyl (C=O) groups is 1. The van der Waals surface area contributed by atoms with Crippen molar-refractivity contribution < 1.29 is 32.5 Å². The predicted octanol–water partition coefficient (Wildman–Crippen LogP) is 1.69. The van der Waals surface area contributed by atoms with E-state index >= 15 is 0 Å². The topological polar surface area (TPSA) is 81.8 Å². The summed E-state index contributed by atoms with van der Waals surface area (Å²) in [6, 6.07) is 4.34. The Balaban J connectivity index is 2.53. The molecule has 19 heavy (non-hydrogen) atoms. The average Bonchev–Trinajstić information content (AvgIpc) is 2.27. The van der Waals surface area contributed by atoms with Gasteiger partial charge in [0.25, 0.3) is 0 Å². The van der Waals surface area contributed by atoms with E-state index in [0.29, 0.717) is 5.56 Å². The minimum Gasteiger partial charge on any atom is -0.480 e. The van der Waals surface area contributed by atoms with Crippen molar-refractivity contribution >= 4 is 5.97 Å². The lowest BCUT2D eigenvalue weighted by Crippen LogP contribution is -2.20. The molecule has 0 aliphatic rings. The zero-order valence-corrected chi connectivity index (χ0v) is 9.68. The smallest absolute Gasteiger partial charge is 0.480 e. The second-order valence-corrected chi connectivity index (χ2v) is 3.63. The number of halogens is 3. The maximum Gasteiger partial charge on any atom is 0.573 e. The molecule has 1 atom stereocenters. The molecule has 0 amide bonds. The number of benzene rings is 1. The molecular weight excluding hydrogens is 267 g/mol. The second-order valence-electron chi connectivity index (χ2n) is 3.63. The first-order valence-corrected chi connectivity index (χ1v) is 5.19. The van der Waals surface area contributed by atoms with Crippen LogP contribution in [0, 0.1) is 0 Å². The number of carboxylic acid groups (broad SMARTS) is 1. The van der Waals surface area contributed by atoms with Crippen molar-refractivity contribution in [3.63, 3.8) is 0 Å². The van der Waals surface area contributed by atoms with Gasteiger partial charge in [0.05, 0.1) is 12.6 Å². The number of ether oxygens (including phenoxy) is 2. The largest absolute Gasteiger partial charge is 0.573 e. The Labute approximate surface area is 106 Å². The molecule has 0 fully saturated rings. The van der Waals surface area contributed by atoms with Crippen molar-refractivity contribution in [2.45, 2.75) is 12.4 Å². The third kappa shape index (κ3) is 6.07. The van der Waals surface area contributed by atoms with Gasteiger partial charge in [-0.2, -0.15) is 0 Å². The summed E-state index contributed by atoms with van der Waals surface area (Å²) in [5.74, 6) is -1.48. The van der Waals surface area contributed by atoms with Crippen molar-refractivity contribution in [1.29, 1.82) is 0 Å². The molecule has 1 aromatic carbocycles. The standard InChI is InChI=1S/C11H12F3NO4/c12-11(13,14)19-8-3-1-7(2-4-8)9(15)5-18-6-10(16)17/h1-4,9H,5-6,15H2,(H,16,17). The lowest BCUT2D eigenvalue weighted by atomic mass is 10.1. The molecule has 5 nitrogen and oxygen atoms in total. The van der Waals surface area contributed by atoms with Crippen LogP contribution in [-0.4, -0.2) is 30.7 Å². The van der Waals surface area contributed by atoms with Crippen LogP contribution in [0.25, 0.3) is 0 Å². The Morgan fingerprint density at radius 3 is 2.37 bits per heavy atom. The summed E-state index contributed by atoms with van der Waals surface area (Å²) in [7, 11) is 0. The number of hydrogen-bond donors (Lipinski definition) is 2. The van der Waals surface area contributed by atoms with Gasteiger partial charge in [-0.15, -0.1) is 13.2 Å². The molecule has 0 radical (unpaired) electrons. The second kappa shape index (κ2) is 6.39. The number of alkyl halides is 3. The summed E-state index contributed by atoms with van der Waals surface area (Å²) in [6.45, 7) is -0.533. The van der Waals surface area contributed by atoms with Crippen molar-refractivity contribution in [2.24, 2.45) is 5.73 Å². The molecule has 0 saturated carbocycles. The van der Waals surface area contributed by atoms with E-state index in [4.69, 9.17) is 15.6 Å². The minimum absolute atomic E-state index is 0.0498. The number of aliphatic carboxylic acids is 1. The molecule has 0 aliphatic heterocycles. The van der Waals surface area contributed by atoms with E-state index < -0.39 is 25.0 Å². The summed E-state index contributed by atoms with van der Waals surface area (Å²) >= 11 is 0. The summed E-state index contributed by atoms with van der Waals surface area (Å²) in [6.07, 6.45) is -4.74. The third-order valence-electron chi connectivity index (χ3n) is 2.06. The van der Waals surface area contributed by atoms with Crippen LogP contribution in [0.1, 0.15) is 11.6 Å². The molecule has 0 aromatic heterocycles. The van der Waals surface area contributed by atoms with Gasteiger partial charge in [0.15, 0.2) is 0 Å². The van der Waals surface area contributed by atoms with Gasteiger partial charge in [0.2, 0.25) is 0 Å². The number of nitrogens with two attached hydrogens (primary N) is 1. The molecule has 0 heterocycles. The molecule has 1 rings (SSSR count). The minimum atomic E-state index is -4.74. The van der Waals surface area contributed by atoms with Crippen LogP contribution in [0.4, 0.5) is 13.2 Å². The van der Waals surface area contributed by atoms with E-state index in [1.165, 1.54) is 12.1 Å². The van der Waals surface area contributed by atoms with Crippen LogP contribution in [0.2, 0.25) is 0 Å². The van der Waals surface area contributed by atoms with Gasteiger partial charge in [0.1, 0.15) is 12.4 Å². The first-order chi connectivity index (χ1) is 8.78. The highest BCUT2D eigenvalue weighted by Gasteiger charge is 2.31. The lowest BCUT2D eigenvalue weighted by Gasteiger charge is -2.13. The number of rotatable bonds is 6. The van der Waals surface area contributed by atoms with E-state index in [-0.39, 0.29) is 12.4 Å². The number of hydrogen-bond acceptors (Lipinski definition) is 4. The number of carboxylic acids is 1. The third-order valence-corrected chi connectivity index (χ3v) is 2.06. The van der Waals surface area contributed by atoms with E-state index in [2.05, 4.69) is 4.74 Å².